The molecule has 0 atom stereocenters. The van der Waals surface area contributed by atoms with Gasteiger partial charge in [-0.25, -0.2) is 4.98 Å². The molecule has 2 saturated heterocycles. The topological polar surface area (TPSA) is 111 Å². The smallest absolute Gasteiger partial charge is 0.275 e. The zero-order chi connectivity index (χ0) is 34.1. The number of morpholine rings is 1. The molecule has 2 aliphatic heterocycles. The van der Waals surface area contributed by atoms with E-state index in [-0.39, 0.29) is 5.91 Å². The fourth-order valence-corrected chi connectivity index (χ4v) is 6.54. The predicted molar refractivity (Wildman–Crippen MR) is 193 cm³/mol. The molecule has 11 nitrogen and oxygen atoms in total. The first-order valence-corrected chi connectivity index (χ1v) is 17.2. The Kier molecular flexibility index (Phi) is 10.6. The van der Waals surface area contributed by atoms with Gasteiger partial charge in [-0.2, -0.15) is 0 Å². The average molecular weight is 675 g/mol. The number of carbonyl (C=O) groups is 1. The molecule has 5 aromatic rings. The Labute approximate surface area is 292 Å². The van der Waals surface area contributed by atoms with Crippen molar-refractivity contribution in [1.29, 1.82) is 0 Å². The molecule has 1 N–H and O–H groups in total. The Morgan fingerprint density at radius 2 is 1.70 bits per heavy atom. The zero-order valence-electron chi connectivity index (χ0n) is 28.3. The van der Waals surface area contributed by atoms with Gasteiger partial charge in [-0.3, -0.25) is 19.7 Å². The summed E-state index contributed by atoms with van der Waals surface area (Å²) in [5.41, 5.74) is 3.45. The van der Waals surface area contributed by atoms with E-state index in [2.05, 4.69) is 60.4 Å². The number of benzene rings is 2. The number of hydrogen-bond donors (Lipinski definition) is 1. The van der Waals surface area contributed by atoms with Crippen LogP contribution in [0.25, 0.3) is 10.9 Å². The highest BCUT2D eigenvalue weighted by Gasteiger charge is 2.22. The van der Waals surface area contributed by atoms with Crippen LogP contribution in [-0.4, -0.2) is 85.4 Å². The quantitative estimate of drug-likeness (QED) is 0.146. The Balaban J connectivity index is 0.951. The number of nitrogens with zero attached hydrogens (tertiary/aromatic N) is 5. The van der Waals surface area contributed by atoms with Crippen molar-refractivity contribution in [3.05, 3.63) is 103 Å². The summed E-state index contributed by atoms with van der Waals surface area (Å²) in [5.74, 6) is 2.99. The number of anilines is 2. The van der Waals surface area contributed by atoms with Crippen molar-refractivity contribution >= 4 is 28.3 Å². The molecule has 258 valence electrons. The van der Waals surface area contributed by atoms with E-state index in [0.717, 1.165) is 81.8 Å². The van der Waals surface area contributed by atoms with Crippen LogP contribution in [0.2, 0.25) is 0 Å². The molecule has 0 radical (unpaired) electrons. The largest absolute Gasteiger partial charge is 0.493 e. The molecule has 0 unspecified atom stereocenters. The molecule has 11 heteroatoms. The normalized spacial score (nSPS) is 15.5. The highest BCUT2D eigenvalue weighted by molar-refractivity contribution is 6.02. The molecule has 7 rings (SSSR count). The van der Waals surface area contributed by atoms with Gasteiger partial charge in [0, 0.05) is 62.3 Å². The zero-order valence-corrected chi connectivity index (χ0v) is 28.3. The highest BCUT2D eigenvalue weighted by atomic mass is 16.5. The van der Waals surface area contributed by atoms with Crippen LogP contribution < -0.4 is 24.4 Å². The first kappa shape index (κ1) is 33.2. The lowest BCUT2D eigenvalue weighted by molar-refractivity contribution is 0.0357. The van der Waals surface area contributed by atoms with Crippen molar-refractivity contribution < 1.29 is 23.7 Å². The molecular weight excluding hydrogens is 632 g/mol. The SMILES string of the molecule is COc1cc2c(Oc3ccc(NC(=O)c4cc(N5CCC(c6ccccc6)CC5)ccn4)nc3)ccnc2cc1OCCCN1CCOCC1. The van der Waals surface area contributed by atoms with Gasteiger partial charge in [-0.05, 0) is 67.1 Å². The van der Waals surface area contributed by atoms with E-state index < -0.39 is 0 Å². The van der Waals surface area contributed by atoms with E-state index in [4.69, 9.17) is 18.9 Å². The summed E-state index contributed by atoms with van der Waals surface area (Å²) in [7, 11) is 1.62. The predicted octanol–water partition coefficient (Wildman–Crippen LogP) is 6.56. The van der Waals surface area contributed by atoms with Gasteiger partial charge in [0.25, 0.3) is 5.91 Å². The first-order valence-electron chi connectivity index (χ1n) is 17.2. The summed E-state index contributed by atoms with van der Waals surface area (Å²) >= 11 is 0. The van der Waals surface area contributed by atoms with Crippen LogP contribution >= 0.6 is 0 Å². The minimum Gasteiger partial charge on any atom is -0.493 e. The molecule has 0 saturated carbocycles. The van der Waals surface area contributed by atoms with Gasteiger partial charge in [0.1, 0.15) is 23.0 Å². The van der Waals surface area contributed by atoms with Gasteiger partial charge in [0.15, 0.2) is 11.5 Å². The number of piperidine rings is 1. The Hall–Kier alpha value is -5.26. The second-order valence-electron chi connectivity index (χ2n) is 12.5. The lowest BCUT2D eigenvalue weighted by Gasteiger charge is -2.34. The van der Waals surface area contributed by atoms with E-state index >= 15 is 0 Å². The van der Waals surface area contributed by atoms with E-state index in [1.807, 2.05) is 24.3 Å². The lowest BCUT2D eigenvalue weighted by atomic mass is 9.89. The lowest BCUT2D eigenvalue weighted by Crippen LogP contribution is -2.37. The second kappa shape index (κ2) is 16.0. The molecule has 2 aromatic carbocycles. The number of amides is 1. The van der Waals surface area contributed by atoms with Crippen molar-refractivity contribution in [1.82, 2.24) is 19.9 Å². The minimum atomic E-state index is -0.321. The average Bonchev–Trinajstić information content (AvgIpc) is 3.18. The number of carbonyl (C=O) groups excluding carboxylic acids is 1. The monoisotopic (exact) mass is 674 g/mol. The van der Waals surface area contributed by atoms with Gasteiger partial charge >= 0.3 is 0 Å². The molecule has 0 aliphatic carbocycles. The van der Waals surface area contributed by atoms with Crippen molar-refractivity contribution in [2.24, 2.45) is 0 Å². The molecule has 0 spiro atoms. The van der Waals surface area contributed by atoms with E-state index in [1.165, 1.54) is 5.56 Å². The van der Waals surface area contributed by atoms with Gasteiger partial charge in [0.2, 0.25) is 0 Å². The highest BCUT2D eigenvalue weighted by Crippen LogP contribution is 2.37. The van der Waals surface area contributed by atoms with Crippen LogP contribution in [0.15, 0.2) is 91.4 Å². The third kappa shape index (κ3) is 8.12. The van der Waals surface area contributed by atoms with Gasteiger partial charge in [-0.1, -0.05) is 30.3 Å². The van der Waals surface area contributed by atoms with Crippen LogP contribution in [0.3, 0.4) is 0 Å². The standard InChI is InChI=1S/C39H42N6O5/c1-47-36-25-32-33(26-37(36)49-21-5-16-44-19-22-48-23-20-44)40-15-11-35(32)50-31-8-9-38(42-27-31)43-39(46)34-24-30(10-14-41-34)45-17-12-29(13-18-45)28-6-3-2-4-7-28/h2-4,6-11,14-15,24-27,29H,5,12-13,16-23H2,1H3,(H,42,43,46). The first-order chi connectivity index (χ1) is 24.6. The summed E-state index contributed by atoms with van der Waals surface area (Å²) in [5, 5.41) is 3.64. The summed E-state index contributed by atoms with van der Waals surface area (Å²) in [6.45, 7) is 6.88. The number of ether oxygens (including phenoxy) is 4. The van der Waals surface area contributed by atoms with Crippen molar-refractivity contribution in [2.75, 3.05) is 69.9 Å². The Bertz CT molecular complexity index is 1880. The maximum Gasteiger partial charge on any atom is 0.275 e. The third-order valence-electron chi connectivity index (χ3n) is 9.28. The maximum absolute atomic E-state index is 13.2. The number of rotatable bonds is 12. The molecule has 2 fully saturated rings. The minimum absolute atomic E-state index is 0.321. The molecule has 5 heterocycles. The fourth-order valence-electron chi connectivity index (χ4n) is 6.54. The van der Waals surface area contributed by atoms with E-state index in [9.17, 15) is 4.79 Å². The number of aromatic nitrogens is 3. The summed E-state index contributed by atoms with van der Waals surface area (Å²) < 4.78 is 23.4. The Morgan fingerprint density at radius 3 is 2.48 bits per heavy atom. The van der Waals surface area contributed by atoms with Gasteiger partial charge in [-0.15, -0.1) is 0 Å². The molecule has 1 amide bonds. The molecule has 0 bridgehead atoms. The summed E-state index contributed by atoms with van der Waals surface area (Å²) in [6.07, 6.45) is 8.00. The number of hydrogen-bond acceptors (Lipinski definition) is 10. The van der Waals surface area contributed by atoms with Crippen molar-refractivity contribution in [3.8, 4) is 23.0 Å². The van der Waals surface area contributed by atoms with Gasteiger partial charge in [0.05, 0.1) is 38.6 Å². The fraction of sp³-hybridized carbons (Fsp3) is 0.333. The number of methoxy groups -OCH3 is 1. The summed E-state index contributed by atoms with van der Waals surface area (Å²) in [4.78, 5) is 31.2. The van der Waals surface area contributed by atoms with E-state index in [1.54, 1.807) is 43.9 Å². The molecular formula is C39H42N6O5. The molecule has 50 heavy (non-hydrogen) atoms. The van der Waals surface area contributed by atoms with Crippen molar-refractivity contribution in [2.45, 2.75) is 25.2 Å². The number of fused-ring (bicyclic) bond motifs is 1. The summed E-state index contributed by atoms with van der Waals surface area (Å²) in [6, 6.07) is 23.5. The van der Waals surface area contributed by atoms with Crippen LogP contribution in [0.1, 0.15) is 41.2 Å². The van der Waals surface area contributed by atoms with Crippen LogP contribution in [0.4, 0.5) is 11.5 Å². The van der Waals surface area contributed by atoms with Crippen LogP contribution in [0.5, 0.6) is 23.0 Å². The number of nitrogens with one attached hydrogen (secondary N) is 1. The van der Waals surface area contributed by atoms with E-state index in [0.29, 0.717) is 47.0 Å². The maximum atomic E-state index is 13.2. The third-order valence-corrected chi connectivity index (χ3v) is 9.28. The molecule has 3 aromatic heterocycles. The second-order valence-corrected chi connectivity index (χ2v) is 12.5. The molecule has 2 aliphatic rings. The van der Waals surface area contributed by atoms with Crippen molar-refractivity contribution in [3.63, 3.8) is 0 Å². The van der Waals surface area contributed by atoms with Crippen LogP contribution in [0, 0.1) is 0 Å². The Morgan fingerprint density at radius 1 is 0.880 bits per heavy atom. The van der Waals surface area contributed by atoms with Gasteiger partial charge < -0.3 is 29.2 Å². The number of pyridine rings is 3. The van der Waals surface area contributed by atoms with Crippen LogP contribution in [-0.2, 0) is 4.74 Å².